The van der Waals surface area contributed by atoms with Crippen LogP contribution in [0, 0.1) is 6.92 Å². The van der Waals surface area contributed by atoms with Gasteiger partial charge >= 0.3 is 0 Å². The van der Waals surface area contributed by atoms with E-state index in [1.807, 2.05) is 50.2 Å². The lowest BCUT2D eigenvalue weighted by Gasteiger charge is -2.31. The van der Waals surface area contributed by atoms with Crippen molar-refractivity contribution in [1.29, 1.82) is 0 Å². The van der Waals surface area contributed by atoms with E-state index in [0.717, 1.165) is 15.6 Å². The minimum absolute atomic E-state index is 0.137. The summed E-state index contributed by atoms with van der Waals surface area (Å²) in [5, 5.41) is 0.409. The highest BCUT2D eigenvalue weighted by Crippen LogP contribution is 2.37. The van der Waals surface area contributed by atoms with Crippen LogP contribution in [-0.4, -0.2) is 15.5 Å². The first kappa shape index (κ1) is 21.7. The molecule has 0 amide bonds. The molecular formula is C22H21BrClNO3S. The molecule has 0 aromatic heterocycles. The van der Waals surface area contributed by atoms with E-state index in [0.29, 0.717) is 16.5 Å². The van der Waals surface area contributed by atoms with Crippen molar-refractivity contribution >= 4 is 43.2 Å². The number of anilines is 1. The molecule has 0 saturated heterocycles. The van der Waals surface area contributed by atoms with E-state index in [2.05, 4.69) is 15.9 Å². The fraction of sp³-hybridized carbons (Fsp3) is 0.182. The number of sulfonamides is 1. The Bertz CT molecular complexity index is 1120. The number of rotatable bonds is 6. The van der Waals surface area contributed by atoms with Gasteiger partial charge in [-0.15, -0.1) is 0 Å². The van der Waals surface area contributed by atoms with Crippen LogP contribution in [-0.2, 0) is 10.0 Å². The van der Waals surface area contributed by atoms with E-state index >= 15 is 0 Å². The predicted octanol–water partition coefficient (Wildman–Crippen LogP) is 6.38. The van der Waals surface area contributed by atoms with Crippen molar-refractivity contribution in [2.45, 2.75) is 24.8 Å². The van der Waals surface area contributed by atoms with Crippen LogP contribution >= 0.6 is 27.5 Å². The van der Waals surface area contributed by atoms with Crippen molar-refractivity contribution in [1.82, 2.24) is 0 Å². The van der Waals surface area contributed by atoms with Gasteiger partial charge in [0.05, 0.1) is 23.7 Å². The summed E-state index contributed by atoms with van der Waals surface area (Å²) in [5.74, 6) is 0.624. The molecule has 0 N–H and O–H groups in total. The Morgan fingerprint density at radius 3 is 2.31 bits per heavy atom. The molecule has 7 heteroatoms. The van der Waals surface area contributed by atoms with Crippen LogP contribution in [0.1, 0.15) is 24.1 Å². The molecule has 0 aliphatic carbocycles. The predicted molar refractivity (Wildman–Crippen MR) is 121 cm³/mol. The molecule has 0 radical (unpaired) electrons. The number of hydrogen-bond acceptors (Lipinski definition) is 3. The number of benzene rings is 3. The fourth-order valence-corrected chi connectivity index (χ4v) is 5.32. The smallest absolute Gasteiger partial charge is 0.264 e. The van der Waals surface area contributed by atoms with E-state index in [1.54, 1.807) is 31.4 Å². The Kier molecular flexibility index (Phi) is 6.56. The zero-order valence-corrected chi connectivity index (χ0v) is 19.4. The monoisotopic (exact) mass is 493 g/mol. The van der Waals surface area contributed by atoms with Gasteiger partial charge in [0, 0.05) is 15.1 Å². The topological polar surface area (TPSA) is 46.6 Å². The molecule has 1 atom stereocenters. The average molecular weight is 495 g/mol. The summed E-state index contributed by atoms with van der Waals surface area (Å²) < 4.78 is 35.2. The summed E-state index contributed by atoms with van der Waals surface area (Å²) in [5.41, 5.74) is 2.13. The van der Waals surface area contributed by atoms with Crippen molar-refractivity contribution in [2.75, 3.05) is 11.4 Å². The number of para-hydroxylation sites is 1. The maximum atomic E-state index is 13.7. The highest BCUT2D eigenvalue weighted by Gasteiger charge is 2.32. The van der Waals surface area contributed by atoms with Gasteiger partial charge in [0.15, 0.2) is 0 Å². The number of ether oxygens (including phenoxy) is 1. The maximum absolute atomic E-state index is 13.7. The van der Waals surface area contributed by atoms with E-state index in [-0.39, 0.29) is 4.90 Å². The summed E-state index contributed by atoms with van der Waals surface area (Å²) in [6, 6.07) is 18.8. The highest BCUT2D eigenvalue weighted by atomic mass is 79.9. The molecule has 152 valence electrons. The quantitative estimate of drug-likeness (QED) is 0.400. The summed E-state index contributed by atoms with van der Waals surface area (Å²) in [6.07, 6.45) is 0. The number of aryl methyl sites for hydroxylation is 1. The van der Waals surface area contributed by atoms with Gasteiger partial charge in [0.25, 0.3) is 10.0 Å². The molecule has 3 aromatic rings. The normalized spacial score (nSPS) is 12.4. The SMILES string of the molecule is COc1ccccc1C(C)N(c1ccc(Br)cc1)S(=O)(=O)c1ccc(C)c(Cl)c1. The largest absolute Gasteiger partial charge is 0.496 e. The van der Waals surface area contributed by atoms with Crippen molar-refractivity contribution in [3.05, 3.63) is 87.4 Å². The molecule has 29 heavy (non-hydrogen) atoms. The molecule has 3 rings (SSSR count). The molecular weight excluding hydrogens is 474 g/mol. The molecule has 0 aliphatic rings. The lowest BCUT2D eigenvalue weighted by molar-refractivity contribution is 0.407. The van der Waals surface area contributed by atoms with Gasteiger partial charge < -0.3 is 4.74 Å². The minimum atomic E-state index is -3.90. The lowest BCUT2D eigenvalue weighted by Crippen LogP contribution is -2.34. The number of methoxy groups -OCH3 is 1. The van der Waals surface area contributed by atoms with Crippen molar-refractivity contribution in [3.63, 3.8) is 0 Å². The molecule has 1 unspecified atom stereocenters. The highest BCUT2D eigenvalue weighted by molar-refractivity contribution is 9.10. The van der Waals surface area contributed by atoms with Crippen LogP contribution < -0.4 is 9.04 Å². The summed E-state index contributed by atoms with van der Waals surface area (Å²) >= 11 is 9.63. The summed E-state index contributed by atoms with van der Waals surface area (Å²) in [4.78, 5) is 0.137. The fourth-order valence-electron chi connectivity index (χ4n) is 3.14. The molecule has 0 aliphatic heterocycles. The van der Waals surface area contributed by atoms with Crippen LogP contribution in [0.25, 0.3) is 0 Å². The zero-order valence-electron chi connectivity index (χ0n) is 16.3. The Labute approximate surface area is 185 Å². The molecule has 3 aromatic carbocycles. The molecule has 0 spiro atoms. The minimum Gasteiger partial charge on any atom is -0.496 e. The Balaban J connectivity index is 2.20. The van der Waals surface area contributed by atoms with Crippen LogP contribution in [0.4, 0.5) is 5.69 Å². The second kappa shape index (κ2) is 8.78. The zero-order chi connectivity index (χ0) is 21.2. The van der Waals surface area contributed by atoms with Crippen molar-refractivity contribution in [3.8, 4) is 5.75 Å². The van der Waals surface area contributed by atoms with Gasteiger partial charge in [-0.25, -0.2) is 8.42 Å². The number of nitrogens with zero attached hydrogens (tertiary/aromatic N) is 1. The van der Waals surface area contributed by atoms with Crippen LogP contribution in [0.3, 0.4) is 0 Å². The Morgan fingerprint density at radius 2 is 1.69 bits per heavy atom. The third-order valence-corrected chi connectivity index (χ3v) is 7.55. The maximum Gasteiger partial charge on any atom is 0.264 e. The Hall–Kier alpha value is -2.02. The van der Waals surface area contributed by atoms with Crippen molar-refractivity contribution in [2.24, 2.45) is 0 Å². The van der Waals surface area contributed by atoms with Gasteiger partial charge in [-0.05, 0) is 61.9 Å². The molecule has 0 heterocycles. The van der Waals surface area contributed by atoms with Crippen LogP contribution in [0.2, 0.25) is 5.02 Å². The van der Waals surface area contributed by atoms with E-state index in [1.165, 1.54) is 10.4 Å². The number of hydrogen-bond donors (Lipinski definition) is 0. The third kappa shape index (κ3) is 4.44. The number of halogens is 2. The summed E-state index contributed by atoms with van der Waals surface area (Å²) in [7, 11) is -2.33. The molecule has 0 bridgehead atoms. The van der Waals surface area contributed by atoms with Gasteiger partial charge in [-0.1, -0.05) is 51.8 Å². The lowest BCUT2D eigenvalue weighted by atomic mass is 10.1. The first-order valence-corrected chi connectivity index (χ1v) is 11.6. The van der Waals surface area contributed by atoms with E-state index in [9.17, 15) is 8.42 Å². The first-order chi connectivity index (χ1) is 13.8. The van der Waals surface area contributed by atoms with Gasteiger partial charge in [0.1, 0.15) is 5.75 Å². The van der Waals surface area contributed by atoms with E-state index < -0.39 is 16.1 Å². The van der Waals surface area contributed by atoms with Gasteiger partial charge in [-0.2, -0.15) is 0 Å². The van der Waals surface area contributed by atoms with Crippen LogP contribution in [0.5, 0.6) is 5.75 Å². The van der Waals surface area contributed by atoms with Crippen molar-refractivity contribution < 1.29 is 13.2 Å². The van der Waals surface area contributed by atoms with Gasteiger partial charge in [-0.3, -0.25) is 4.31 Å². The van der Waals surface area contributed by atoms with Gasteiger partial charge in [0.2, 0.25) is 0 Å². The standard InChI is InChI=1S/C22H21BrClNO3S/c1-15-8-13-19(14-21(15)24)29(26,27)25(18-11-9-17(23)10-12-18)16(2)20-6-4-5-7-22(20)28-3/h4-14,16H,1-3H3. The Morgan fingerprint density at radius 1 is 1.03 bits per heavy atom. The van der Waals surface area contributed by atoms with E-state index in [4.69, 9.17) is 16.3 Å². The molecule has 0 fully saturated rings. The second-order valence-corrected chi connectivity index (χ2v) is 9.74. The van der Waals surface area contributed by atoms with Crippen LogP contribution in [0.15, 0.2) is 76.1 Å². The average Bonchev–Trinajstić information content (AvgIpc) is 2.71. The molecule has 4 nitrogen and oxygen atoms in total. The summed E-state index contributed by atoms with van der Waals surface area (Å²) in [6.45, 7) is 3.68. The third-order valence-electron chi connectivity index (χ3n) is 4.72. The second-order valence-electron chi connectivity index (χ2n) is 6.61. The molecule has 0 saturated carbocycles. The first-order valence-electron chi connectivity index (χ1n) is 8.94.